The van der Waals surface area contributed by atoms with E-state index in [0.717, 1.165) is 0 Å². The van der Waals surface area contributed by atoms with E-state index in [9.17, 15) is 18.7 Å². The molecule has 0 aromatic heterocycles. The molecule has 0 aliphatic carbocycles. The molecule has 0 saturated carbocycles. The van der Waals surface area contributed by atoms with Crippen LogP contribution in [-0.2, 0) is 36.3 Å². The quantitative estimate of drug-likeness (QED) is 0.0391. The smallest absolute Gasteiger partial charge is 0.478 e. The molecule has 65 heavy (non-hydrogen) atoms. The molecule has 0 spiro atoms. The van der Waals surface area contributed by atoms with Gasteiger partial charge in [-0.25, -0.2) is 18.7 Å². The highest BCUT2D eigenvalue weighted by Crippen LogP contribution is 2.69. The number of rotatable bonds is 26. The van der Waals surface area contributed by atoms with Crippen LogP contribution in [-0.4, -0.2) is 98.7 Å². The fourth-order valence-corrected chi connectivity index (χ4v) is 17.4. The van der Waals surface area contributed by atoms with Crippen LogP contribution in [0.1, 0.15) is 62.3 Å². The van der Waals surface area contributed by atoms with Crippen molar-refractivity contribution >= 4 is 330 Å². The number of phosphoric acid groups is 2. The van der Waals surface area contributed by atoms with Crippen LogP contribution in [0.15, 0.2) is 17.9 Å². The number of aromatic carboxylic acids is 2. The van der Waals surface area contributed by atoms with Crippen molar-refractivity contribution in [2.75, 3.05) is 51.8 Å². The molecule has 384 valence electrons. The molecule has 1 rings (SSSR count). The Hall–Kier alpha value is 7.50. The Bertz CT molecular complexity index is 1620. The summed E-state index contributed by atoms with van der Waals surface area (Å²) in [5.74, 6) is -2.64. The highest BCUT2D eigenvalue weighted by Gasteiger charge is 2.57. The molecule has 0 aliphatic rings. The number of phosphoric ester groups is 2. The highest BCUT2D eigenvalue weighted by atomic mass is 79.9. The van der Waals surface area contributed by atoms with Gasteiger partial charge in [0.05, 0.1) is 30.9 Å². The van der Waals surface area contributed by atoms with Gasteiger partial charge in [0, 0.05) is 80.6 Å². The van der Waals surface area contributed by atoms with Gasteiger partial charge in [-0.1, -0.05) is 185 Å². The SMILES string of the molecule is CC(C)(CBr)C(Br)(Br)OP(=O)(OC(Br)(Br)C(C)(C)CBr)OC(Br)(Br)C(C)(C)CBr.O=C(O)c1c(Br)c(Br)c(Br)c(Br)c1C(=O)O.O=P(OCC(Br)CBr)(OCC(Br)CBr)OCC(Br)CBr. The number of carbonyl (C=O) groups is 2. The molecule has 0 heterocycles. The summed E-state index contributed by atoms with van der Waals surface area (Å²) >= 11 is 63.8. The van der Waals surface area contributed by atoms with Gasteiger partial charge < -0.3 is 10.2 Å². The lowest BCUT2D eigenvalue weighted by Gasteiger charge is -2.44. The van der Waals surface area contributed by atoms with Crippen LogP contribution >= 0.6 is 318 Å². The third-order valence-electron chi connectivity index (χ3n) is 7.48. The Morgan fingerprint density at radius 1 is 0.477 bits per heavy atom. The number of halogens is 19. The van der Waals surface area contributed by atoms with Gasteiger partial charge in [0.25, 0.3) is 0 Å². The maximum atomic E-state index is 14.1. The van der Waals surface area contributed by atoms with Crippen LogP contribution in [0.3, 0.4) is 0 Å². The summed E-state index contributed by atoms with van der Waals surface area (Å²) in [5.41, 5.74) is -2.22. The van der Waals surface area contributed by atoms with E-state index >= 15 is 0 Å². The Morgan fingerprint density at radius 3 is 0.862 bits per heavy atom. The van der Waals surface area contributed by atoms with E-state index in [0.29, 0.717) is 40.9 Å². The molecular formula is C32H41Br19O12P2. The molecule has 12 nitrogen and oxygen atoms in total. The highest BCUT2D eigenvalue weighted by molar-refractivity contribution is 9.26. The second-order valence-corrected chi connectivity index (χ2v) is 38.2. The maximum absolute atomic E-state index is 14.1. The normalized spacial score (nSPS) is 15.5. The van der Waals surface area contributed by atoms with Crippen molar-refractivity contribution in [2.45, 2.75) is 66.3 Å². The minimum absolute atomic E-state index is 0.0370. The topological polar surface area (TPSA) is 164 Å². The van der Waals surface area contributed by atoms with Crippen molar-refractivity contribution in [2.24, 2.45) is 16.2 Å². The lowest BCUT2D eigenvalue weighted by molar-refractivity contribution is 0.00987. The summed E-state index contributed by atoms with van der Waals surface area (Å²) in [6.45, 7) is 12.2. The Balaban J connectivity index is 0. The zero-order chi connectivity index (χ0) is 52.0. The molecule has 3 atom stereocenters. The number of carboxylic acid groups (broad SMARTS) is 2. The molecular weight excluding hydrogens is 2160 g/mol. The Kier molecular flexibility index (Phi) is 38.1. The first-order valence-electron chi connectivity index (χ1n) is 17.2. The summed E-state index contributed by atoms with van der Waals surface area (Å²) in [5, 5.41) is 21.6. The summed E-state index contributed by atoms with van der Waals surface area (Å²) in [4.78, 5) is 22.1. The first kappa shape index (κ1) is 74.6. The van der Waals surface area contributed by atoms with E-state index in [1.54, 1.807) is 0 Å². The molecule has 0 saturated heterocycles. The van der Waals surface area contributed by atoms with Gasteiger partial charge in [-0.2, -0.15) is 0 Å². The van der Waals surface area contributed by atoms with Crippen LogP contribution in [0, 0.1) is 16.2 Å². The molecule has 0 radical (unpaired) electrons. The van der Waals surface area contributed by atoms with E-state index in [2.05, 4.69) is 303 Å². The average Bonchev–Trinajstić information content (AvgIpc) is 3.20. The van der Waals surface area contributed by atoms with E-state index in [1.807, 2.05) is 41.5 Å². The fourth-order valence-electron chi connectivity index (χ4n) is 2.88. The molecule has 2 N–H and O–H groups in total. The summed E-state index contributed by atoms with van der Waals surface area (Å²) < 4.78 is 58.1. The minimum Gasteiger partial charge on any atom is -0.478 e. The van der Waals surface area contributed by atoms with E-state index in [4.69, 9.17) is 37.4 Å². The molecule has 0 amide bonds. The summed E-state index contributed by atoms with van der Waals surface area (Å²) in [6.07, 6.45) is 0. The van der Waals surface area contributed by atoms with Crippen molar-refractivity contribution in [3.8, 4) is 0 Å². The standard InChI is InChI=1S/C15H24Br9O4P.C9H15Br6O4P.C8H2Br4O4/c1-10(2,7-16)13(19,20)26-29(25,27-14(21,22)11(3,4)8-17)28-15(23,24)12(5,6)9-18;10-1-7(13)4-17-20(16,18-5-8(14)2-11)19-6-9(15)3-12;9-3-1(7(13)14)2(8(15)16)4(10)6(12)5(3)11/h7-9H2,1-6H3;7-9H,1-6H2;(H,13,14)(H,15,16). The lowest BCUT2D eigenvalue weighted by Crippen LogP contribution is -2.43. The first-order chi connectivity index (χ1) is 29.2. The largest absolute Gasteiger partial charge is 0.481 e. The number of hydrogen-bond acceptors (Lipinski definition) is 10. The predicted octanol–water partition coefficient (Wildman–Crippen LogP) is 20.5. The van der Waals surface area contributed by atoms with Crippen LogP contribution in [0.2, 0.25) is 0 Å². The Labute approximate surface area is 540 Å². The lowest BCUT2D eigenvalue weighted by atomic mass is 9.98. The number of carboxylic acids is 2. The van der Waals surface area contributed by atoms with Gasteiger partial charge in [-0.3, -0.25) is 27.1 Å². The number of hydrogen-bond donors (Lipinski definition) is 2. The summed E-state index contributed by atoms with van der Waals surface area (Å²) in [6, 6.07) is 0. The van der Waals surface area contributed by atoms with Crippen molar-refractivity contribution in [3.63, 3.8) is 0 Å². The molecule has 1 aromatic carbocycles. The van der Waals surface area contributed by atoms with Crippen molar-refractivity contribution < 1.29 is 56.1 Å². The van der Waals surface area contributed by atoms with Crippen molar-refractivity contribution in [3.05, 3.63) is 29.0 Å². The number of alkyl halides is 15. The Morgan fingerprint density at radius 2 is 0.692 bits per heavy atom. The maximum Gasteiger partial charge on any atom is 0.481 e. The molecule has 0 aliphatic heterocycles. The number of benzene rings is 1. The second-order valence-electron chi connectivity index (χ2n) is 14.5. The molecule has 1 aromatic rings. The van der Waals surface area contributed by atoms with Crippen molar-refractivity contribution in [1.82, 2.24) is 0 Å². The molecule has 0 bridgehead atoms. The average molecular weight is 2200 g/mol. The van der Waals surface area contributed by atoms with Crippen LogP contribution in [0.5, 0.6) is 0 Å². The predicted molar refractivity (Wildman–Crippen MR) is 331 cm³/mol. The van der Waals surface area contributed by atoms with Crippen molar-refractivity contribution in [1.29, 1.82) is 0 Å². The van der Waals surface area contributed by atoms with Gasteiger partial charge in [0.2, 0.25) is 0 Å². The van der Waals surface area contributed by atoms with Gasteiger partial charge in [0.1, 0.15) is 0 Å². The van der Waals surface area contributed by atoms with Gasteiger partial charge >= 0.3 is 27.6 Å². The monoisotopic (exact) mass is 2180 g/mol. The van der Waals surface area contributed by atoms with Crippen LogP contribution in [0.4, 0.5) is 0 Å². The van der Waals surface area contributed by atoms with E-state index in [1.165, 1.54) is 0 Å². The fraction of sp³-hybridized carbons (Fsp3) is 0.750. The van der Waals surface area contributed by atoms with Crippen LogP contribution in [0.25, 0.3) is 0 Å². The van der Waals surface area contributed by atoms with E-state index in [-0.39, 0.29) is 54.4 Å². The van der Waals surface area contributed by atoms with Gasteiger partial charge in [0.15, 0.2) is 10.3 Å². The third kappa shape index (κ3) is 25.0. The van der Waals surface area contributed by atoms with Gasteiger partial charge in [-0.05, 0) is 159 Å². The summed E-state index contributed by atoms with van der Waals surface area (Å²) in [7, 11) is -7.83. The molecule has 3 unspecified atom stereocenters. The molecule has 33 heteroatoms. The first-order valence-corrected chi connectivity index (χ1v) is 37.5. The van der Waals surface area contributed by atoms with E-state index < -0.39 is 54.1 Å². The minimum atomic E-state index is -4.26. The zero-order valence-corrected chi connectivity index (χ0v) is 66.1. The molecule has 0 fully saturated rings. The van der Waals surface area contributed by atoms with Crippen LogP contribution < -0.4 is 0 Å². The second kappa shape index (κ2) is 33.2. The third-order valence-corrected chi connectivity index (χ3v) is 35.0. The van der Waals surface area contributed by atoms with Gasteiger partial charge in [-0.15, -0.1) is 0 Å². The zero-order valence-electron chi connectivity index (χ0n) is 34.1.